The molecule has 2 unspecified atom stereocenters. The van der Waals surface area contributed by atoms with Gasteiger partial charge >= 0.3 is 0 Å². The zero-order valence-corrected chi connectivity index (χ0v) is 19.8. The van der Waals surface area contributed by atoms with Crippen LogP contribution in [0.15, 0.2) is 36.4 Å². The Balaban J connectivity index is 1.46. The van der Waals surface area contributed by atoms with Crippen molar-refractivity contribution in [3.8, 4) is 11.5 Å². The monoisotopic (exact) mass is 439 g/mol. The predicted molar refractivity (Wildman–Crippen MR) is 129 cm³/mol. The Morgan fingerprint density at radius 3 is 2.62 bits per heavy atom. The zero-order chi connectivity index (χ0) is 22.9. The second-order valence-corrected chi connectivity index (χ2v) is 8.62. The number of aryl methyl sites for hydroxylation is 3. The van der Waals surface area contributed by atoms with Crippen molar-refractivity contribution in [1.29, 1.82) is 0 Å². The number of rotatable bonds is 10. The van der Waals surface area contributed by atoms with Crippen LogP contribution in [0.2, 0.25) is 0 Å². The van der Waals surface area contributed by atoms with Gasteiger partial charge in [0.1, 0.15) is 6.10 Å². The first-order valence-corrected chi connectivity index (χ1v) is 11.6. The summed E-state index contributed by atoms with van der Waals surface area (Å²) < 4.78 is 11.7. The highest BCUT2D eigenvalue weighted by atomic mass is 16.5. The first kappa shape index (κ1) is 24.1. The Morgan fingerprint density at radius 2 is 1.91 bits per heavy atom. The van der Waals surface area contributed by atoms with E-state index in [0.717, 1.165) is 38.0 Å². The molecule has 6 heteroatoms. The van der Waals surface area contributed by atoms with Gasteiger partial charge in [0.25, 0.3) is 0 Å². The molecule has 3 N–H and O–H groups in total. The lowest BCUT2D eigenvalue weighted by Crippen LogP contribution is -2.54. The van der Waals surface area contributed by atoms with Crippen LogP contribution in [-0.2, 0) is 17.6 Å². The summed E-state index contributed by atoms with van der Waals surface area (Å²) in [6, 6.07) is 12.5. The van der Waals surface area contributed by atoms with E-state index < -0.39 is 0 Å². The smallest absolute Gasteiger partial charge is 0.224 e. The Kier molecular flexibility index (Phi) is 8.94. The maximum Gasteiger partial charge on any atom is 0.224 e. The van der Waals surface area contributed by atoms with Crippen LogP contribution in [0.3, 0.4) is 0 Å². The molecule has 1 heterocycles. The highest BCUT2D eigenvalue weighted by molar-refractivity contribution is 5.78. The highest BCUT2D eigenvalue weighted by Gasteiger charge is 2.22. The summed E-state index contributed by atoms with van der Waals surface area (Å²) in [4.78, 5) is 12.4. The largest absolute Gasteiger partial charge is 0.493 e. The van der Waals surface area contributed by atoms with E-state index >= 15 is 0 Å². The number of ether oxygens (including phenoxy) is 2. The Morgan fingerprint density at radius 1 is 1.09 bits per heavy atom. The van der Waals surface area contributed by atoms with Gasteiger partial charge in [0.2, 0.25) is 5.91 Å². The molecular formula is C26H37N3O3. The fourth-order valence-electron chi connectivity index (χ4n) is 3.94. The van der Waals surface area contributed by atoms with Crippen LogP contribution in [0.5, 0.6) is 11.5 Å². The van der Waals surface area contributed by atoms with E-state index in [0.29, 0.717) is 24.5 Å². The van der Waals surface area contributed by atoms with E-state index in [-0.39, 0.29) is 18.1 Å². The fraction of sp³-hybridized carbons (Fsp3) is 0.500. The Labute approximate surface area is 192 Å². The molecule has 0 spiro atoms. The molecule has 0 radical (unpaired) electrons. The summed E-state index contributed by atoms with van der Waals surface area (Å²) in [5.41, 5.74) is 4.85. The third kappa shape index (κ3) is 6.97. The molecule has 2 aromatic rings. The molecular weight excluding hydrogens is 402 g/mol. The van der Waals surface area contributed by atoms with Crippen molar-refractivity contribution < 1.29 is 14.3 Å². The van der Waals surface area contributed by atoms with Gasteiger partial charge in [-0.05, 0) is 68.0 Å². The van der Waals surface area contributed by atoms with Gasteiger partial charge in [0.15, 0.2) is 11.5 Å². The summed E-state index contributed by atoms with van der Waals surface area (Å²) in [5.74, 6) is 1.37. The minimum atomic E-state index is 0.00293. The number of nitrogens with one attached hydrogen (secondary N) is 3. The molecule has 2 aromatic carbocycles. The molecule has 0 aliphatic carbocycles. The number of amides is 1. The van der Waals surface area contributed by atoms with Gasteiger partial charge in [0, 0.05) is 26.2 Å². The normalized spacial score (nSPS) is 16.9. The van der Waals surface area contributed by atoms with Crippen LogP contribution in [0.4, 0.5) is 0 Å². The zero-order valence-electron chi connectivity index (χ0n) is 19.8. The third-order valence-corrected chi connectivity index (χ3v) is 6.08. The molecule has 1 saturated heterocycles. The maximum absolute atomic E-state index is 12.4. The van der Waals surface area contributed by atoms with Crippen molar-refractivity contribution in [2.45, 2.75) is 52.2 Å². The van der Waals surface area contributed by atoms with E-state index in [9.17, 15) is 4.79 Å². The second-order valence-electron chi connectivity index (χ2n) is 8.62. The summed E-state index contributed by atoms with van der Waals surface area (Å²) >= 11 is 0. The van der Waals surface area contributed by atoms with E-state index in [2.05, 4.69) is 54.9 Å². The number of piperazine rings is 1. The van der Waals surface area contributed by atoms with Gasteiger partial charge in [-0.15, -0.1) is 0 Å². The van der Waals surface area contributed by atoms with Gasteiger partial charge < -0.3 is 25.4 Å². The molecule has 0 bridgehead atoms. The molecule has 1 amide bonds. The van der Waals surface area contributed by atoms with Crippen LogP contribution >= 0.6 is 0 Å². The summed E-state index contributed by atoms with van der Waals surface area (Å²) in [7, 11) is 1.63. The summed E-state index contributed by atoms with van der Waals surface area (Å²) in [6.07, 6.45) is 2.21. The average molecular weight is 440 g/mol. The fourth-order valence-corrected chi connectivity index (χ4v) is 3.94. The van der Waals surface area contributed by atoms with Gasteiger partial charge in [-0.25, -0.2) is 0 Å². The quantitative estimate of drug-likeness (QED) is 0.497. The third-order valence-electron chi connectivity index (χ3n) is 6.08. The number of carbonyl (C=O) groups is 1. The number of carbonyl (C=O) groups excluding carboxylic acids is 1. The molecule has 2 atom stereocenters. The lowest BCUT2D eigenvalue weighted by Gasteiger charge is -2.30. The van der Waals surface area contributed by atoms with Crippen molar-refractivity contribution in [2.24, 2.45) is 0 Å². The molecule has 1 aliphatic rings. The van der Waals surface area contributed by atoms with Gasteiger partial charge in [-0.1, -0.05) is 24.3 Å². The van der Waals surface area contributed by atoms with Crippen LogP contribution in [0.25, 0.3) is 0 Å². The van der Waals surface area contributed by atoms with E-state index in [1.54, 1.807) is 7.11 Å². The lowest BCUT2D eigenvalue weighted by atomic mass is 10.0. The molecule has 174 valence electrons. The second kappa shape index (κ2) is 11.9. The van der Waals surface area contributed by atoms with Crippen molar-refractivity contribution in [3.05, 3.63) is 58.7 Å². The van der Waals surface area contributed by atoms with E-state index in [1.165, 1.54) is 16.7 Å². The van der Waals surface area contributed by atoms with Gasteiger partial charge in [-0.2, -0.15) is 0 Å². The van der Waals surface area contributed by atoms with Crippen molar-refractivity contribution in [1.82, 2.24) is 16.0 Å². The highest BCUT2D eigenvalue weighted by Crippen LogP contribution is 2.29. The lowest BCUT2D eigenvalue weighted by molar-refractivity contribution is -0.120. The van der Waals surface area contributed by atoms with Crippen molar-refractivity contribution in [3.63, 3.8) is 0 Å². The van der Waals surface area contributed by atoms with Crippen LogP contribution in [0, 0.1) is 13.8 Å². The van der Waals surface area contributed by atoms with Crippen molar-refractivity contribution in [2.75, 3.05) is 33.3 Å². The number of hydrogen-bond acceptors (Lipinski definition) is 5. The standard InChI is InChI=1S/C26H37N3O3/c1-18-7-8-21(14-19(18)2)6-5-11-29-26(30)16-22-9-10-24(25(15-22)31-4)32-20(3)23-17-27-12-13-28-23/h7-10,14-15,20,23,27-28H,5-6,11-13,16-17H2,1-4H3,(H,29,30). The number of methoxy groups -OCH3 is 1. The van der Waals surface area contributed by atoms with E-state index in [1.807, 2.05) is 18.2 Å². The molecule has 1 fully saturated rings. The molecule has 1 aliphatic heterocycles. The molecule has 3 rings (SSSR count). The van der Waals surface area contributed by atoms with Crippen LogP contribution in [0.1, 0.15) is 35.6 Å². The van der Waals surface area contributed by atoms with Crippen LogP contribution in [-0.4, -0.2) is 51.3 Å². The van der Waals surface area contributed by atoms with Gasteiger partial charge in [0.05, 0.1) is 19.6 Å². The topological polar surface area (TPSA) is 71.6 Å². The number of hydrogen-bond donors (Lipinski definition) is 3. The van der Waals surface area contributed by atoms with Gasteiger partial charge in [-0.3, -0.25) is 4.79 Å². The van der Waals surface area contributed by atoms with Crippen LogP contribution < -0.4 is 25.4 Å². The Bertz CT molecular complexity index is 894. The molecule has 6 nitrogen and oxygen atoms in total. The average Bonchev–Trinajstić information content (AvgIpc) is 2.80. The SMILES string of the molecule is COc1cc(CC(=O)NCCCc2ccc(C)c(C)c2)ccc1OC(C)C1CNCCN1. The Hall–Kier alpha value is -2.57. The first-order valence-electron chi connectivity index (χ1n) is 11.6. The molecule has 0 aromatic heterocycles. The van der Waals surface area contributed by atoms with E-state index in [4.69, 9.17) is 9.47 Å². The summed E-state index contributed by atoms with van der Waals surface area (Å²) in [6.45, 7) is 9.79. The minimum absolute atomic E-state index is 0.00293. The molecule has 32 heavy (non-hydrogen) atoms. The minimum Gasteiger partial charge on any atom is -0.493 e. The predicted octanol–water partition coefficient (Wildman–Crippen LogP) is 2.93. The summed E-state index contributed by atoms with van der Waals surface area (Å²) in [5, 5.41) is 9.88. The molecule has 0 saturated carbocycles. The first-order chi connectivity index (χ1) is 15.5. The maximum atomic E-state index is 12.4. The number of benzene rings is 2. The van der Waals surface area contributed by atoms with Crippen molar-refractivity contribution >= 4 is 5.91 Å².